The number of rotatable bonds is 7. The number of fused-ring (bicyclic) bond motifs is 1. The zero-order valence-corrected chi connectivity index (χ0v) is 19.5. The maximum atomic E-state index is 12.8. The highest BCUT2D eigenvalue weighted by molar-refractivity contribution is 5.94. The molecule has 0 aliphatic carbocycles. The molecule has 2 atom stereocenters. The van der Waals surface area contributed by atoms with Crippen molar-refractivity contribution in [3.05, 3.63) is 96.1 Å². The number of aromatic nitrogens is 1. The van der Waals surface area contributed by atoms with Gasteiger partial charge in [0.15, 0.2) is 0 Å². The van der Waals surface area contributed by atoms with E-state index in [1.807, 2.05) is 98.9 Å². The Hall–Kier alpha value is -4.06. The van der Waals surface area contributed by atoms with E-state index in [4.69, 9.17) is 9.47 Å². The summed E-state index contributed by atoms with van der Waals surface area (Å²) >= 11 is 0. The Morgan fingerprint density at radius 3 is 2.21 bits per heavy atom. The molecule has 0 aliphatic rings. The number of methoxy groups -OCH3 is 1. The highest BCUT2D eigenvalue weighted by atomic mass is 16.6. The molecule has 6 nitrogen and oxygen atoms in total. The first-order chi connectivity index (χ1) is 16.5. The lowest BCUT2D eigenvalue weighted by Crippen LogP contribution is -2.45. The molecule has 1 aromatic heterocycles. The molecule has 0 radical (unpaired) electrons. The van der Waals surface area contributed by atoms with E-state index in [2.05, 4.69) is 9.88 Å². The molecule has 4 rings (SSSR count). The average molecular weight is 457 g/mol. The Balaban J connectivity index is 1.69. The average Bonchev–Trinajstić information content (AvgIpc) is 3.18. The number of carbonyl (C=O) groups is 2. The maximum Gasteiger partial charge on any atom is 0.408 e. The lowest BCUT2D eigenvalue weighted by molar-refractivity contribution is -0.143. The molecular weight excluding hydrogens is 428 g/mol. The first-order valence-corrected chi connectivity index (χ1v) is 11.2. The summed E-state index contributed by atoms with van der Waals surface area (Å²) in [5.41, 5.74) is 4.88. The van der Waals surface area contributed by atoms with Crippen LogP contribution in [0.4, 0.5) is 4.79 Å². The minimum atomic E-state index is -0.929. The highest BCUT2D eigenvalue weighted by Crippen LogP contribution is 2.39. The van der Waals surface area contributed by atoms with Gasteiger partial charge in [0, 0.05) is 23.9 Å². The monoisotopic (exact) mass is 456 g/mol. The summed E-state index contributed by atoms with van der Waals surface area (Å²) in [5.74, 6) is -0.922. The van der Waals surface area contributed by atoms with E-state index in [0.717, 1.165) is 33.3 Å². The predicted octanol–water partition coefficient (Wildman–Crippen LogP) is 5.42. The Bertz CT molecular complexity index is 1280. The molecule has 0 bridgehead atoms. The second-order valence-electron chi connectivity index (χ2n) is 8.20. The fourth-order valence-electron chi connectivity index (χ4n) is 4.40. The van der Waals surface area contributed by atoms with E-state index in [1.54, 1.807) is 0 Å². The molecule has 0 aliphatic heterocycles. The van der Waals surface area contributed by atoms with Gasteiger partial charge in [-0.1, -0.05) is 85.8 Å². The van der Waals surface area contributed by atoms with Gasteiger partial charge < -0.3 is 19.4 Å². The zero-order chi connectivity index (χ0) is 24.1. The van der Waals surface area contributed by atoms with Gasteiger partial charge in [0.25, 0.3) is 0 Å². The normalized spacial score (nSPS) is 12.7. The standard InChI is InChI=1S/C28H28N2O4/c1-19(25(27(31)33-3)29-28(32)34-18-20-12-6-4-7-13-20)24-22-16-10-11-17-23(22)30(2)26(24)21-14-8-5-9-15-21/h4-17,19,25H,18H2,1-3H3,(H,29,32)/t19-,25-/m1/s1. The van der Waals surface area contributed by atoms with Gasteiger partial charge in [-0.3, -0.25) is 0 Å². The van der Waals surface area contributed by atoms with Gasteiger partial charge in [0.2, 0.25) is 0 Å². The first kappa shape index (κ1) is 23.1. The van der Waals surface area contributed by atoms with E-state index >= 15 is 0 Å². The van der Waals surface area contributed by atoms with Crippen molar-refractivity contribution in [1.29, 1.82) is 0 Å². The van der Waals surface area contributed by atoms with Crippen LogP contribution < -0.4 is 5.32 Å². The summed E-state index contributed by atoms with van der Waals surface area (Å²) in [7, 11) is 3.33. The number of alkyl carbamates (subject to hydrolysis) is 1. The lowest BCUT2D eigenvalue weighted by Gasteiger charge is -2.24. The van der Waals surface area contributed by atoms with Gasteiger partial charge in [-0.15, -0.1) is 0 Å². The van der Waals surface area contributed by atoms with Crippen molar-refractivity contribution >= 4 is 23.0 Å². The molecular formula is C28H28N2O4. The van der Waals surface area contributed by atoms with Crippen LogP contribution in [0.2, 0.25) is 0 Å². The fourth-order valence-corrected chi connectivity index (χ4v) is 4.40. The second kappa shape index (κ2) is 10.3. The number of amides is 1. The van der Waals surface area contributed by atoms with Crippen LogP contribution in [0.5, 0.6) is 0 Å². The molecule has 34 heavy (non-hydrogen) atoms. The number of aryl methyl sites for hydroxylation is 1. The van der Waals surface area contributed by atoms with Gasteiger partial charge in [0.05, 0.1) is 12.8 Å². The van der Waals surface area contributed by atoms with Crippen molar-refractivity contribution in [1.82, 2.24) is 9.88 Å². The molecule has 0 fully saturated rings. The second-order valence-corrected chi connectivity index (χ2v) is 8.20. The van der Waals surface area contributed by atoms with Crippen molar-refractivity contribution < 1.29 is 19.1 Å². The van der Waals surface area contributed by atoms with Crippen LogP contribution in [-0.2, 0) is 27.9 Å². The Labute approximate surface area is 199 Å². The lowest BCUT2D eigenvalue weighted by atomic mass is 9.89. The zero-order valence-electron chi connectivity index (χ0n) is 19.5. The van der Waals surface area contributed by atoms with Gasteiger partial charge in [0.1, 0.15) is 12.6 Å². The molecule has 0 unspecified atom stereocenters. The number of ether oxygens (including phenoxy) is 2. The minimum absolute atomic E-state index is 0.110. The third kappa shape index (κ3) is 4.66. The number of nitrogens with zero attached hydrogens (tertiary/aromatic N) is 1. The Morgan fingerprint density at radius 2 is 1.53 bits per heavy atom. The predicted molar refractivity (Wildman–Crippen MR) is 132 cm³/mol. The third-order valence-electron chi connectivity index (χ3n) is 6.09. The minimum Gasteiger partial charge on any atom is -0.467 e. The number of nitrogens with one attached hydrogen (secondary N) is 1. The number of esters is 1. The Morgan fingerprint density at radius 1 is 0.912 bits per heavy atom. The van der Waals surface area contributed by atoms with Crippen LogP contribution in [0.1, 0.15) is 24.0 Å². The number of carbonyl (C=O) groups excluding carboxylic acids is 2. The maximum absolute atomic E-state index is 12.8. The van der Waals surface area contributed by atoms with Crippen molar-refractivity contribution in [3.8, 4) is 11.3 Å². The molecule has 0 saturated heterocycles. The van der Waals surface area contributed by atoms with Crippen molar-refractivity contribution in [2.75, 3.05) is 7.11 Å². The number of hydrogen-bond donors (Lipinski definition) is 1. The van der Waals surface area contributed by atoms with E-state index in [1.165, 1.54) is 7.11 Å². The van der Waals surface area contributed by atoms with Crippen LogP contribution >= 0.6 is 0 Å². The van der Waals surface area contributed by atoms with Gasteiger partial charge in [-0.25, -0.2) is 9.59 Å². The van der Waals surface area contributed by atoms with Gasteiger partial charge in [-0.2, -0.15) is 0 Å². The van der Waals surface area contributed by atoms with Crippen LogP contribution in [0, 0.1) is 0 Å². The molecule has 6 heteroatoms. The summed E-state index contributed by atoms with van der Waals surface area (Å²) in [6, 6.07) is 26.5. The fraction of sp³-hybridized carbons (Fsp3) is 0.214. The topological polar surface area (TPSA) is 69.6 Å². The number of benzene rings is 3. The summed E-state index contributed by atoms with van der Waals surface area (Å²) in [4.78, 5) is 25.5. The smallest absolute Gasteiger partial charge is 0.408 e. The molecule has 0 spiro atoms. The SMILES string of the molecule is COC(=O)[C@H](NC(=O)OCc1ccccc1)[C@H](C)c1c(-c2ccccc2)n(C)c2ccccc12. The summed E-state index contributed by atoms with van der Waals surface area (Å²) in [6.45, 7) is 2.03. The quantitative estimate of drug-likeness (QED) is 0.377. The third-order valence-corrected chi connectivity index (χ3v) is 6.09. The summed E-state index contributed by atoms with van der Waals surface area (Å²) < 4.78 is 12.6. The molecule has 3 aromatic carbocycles. The molecule has 4 aromatic rings. The first-order valence-electron chi connectivity index (χ1n) is 11.2. The van der Waals surface area contributed by atoms with E-state index in [-0.39, 0.29) is 6.61 Å². The molecule has 1 N–H and O–H groups in total. The van der Waals surface area contributed by atoms with E-state index < -0.39 is 24.0 Å². The van der Waals surface area contributed by atoms with Crippen LogP contribution in [0.3, 0.4) is 0 Å². The number of para-hydroxylation sites is 1. The number of hydrogen-bond acceptors (Lipinski definition) is 4. The van der Waals surface area contributed by atoms with Gasteiger partial charge in [-0.05, 0) is 22.8 Å². The van der Waals surface area contributed by atoms with Crippen molar-refractivity contribution in [2.24, 2.45) is 7.05 Å². The molecule has 1 heterocycles. The van der Waals surface area contributed by atoms with E-state index in [0.29, 0.717) is 0 Å². The van der Waals surface area contributed by atoms with Gasteiger partial charge >= 0.3 is 12.1 Å². The van der Waals surface area contributed by atoms with E-state index in [9.17, 15) is 9.59 Å². The largest absolute Gasteiger partial charge is 0.467 e. The molecule has 0 saturated carbocycles. The van der Waals surface area contributed by atoms with Crippen LogP contribution in [0.25, 0.3) is 22.2 Å². The van der Waals surface area contributed by atoms with Crippen LogP contribution in [-0.4, -0.2) is 29.8 Å². The molecule has 1 amide bonds. The molecule has 174 valence electrons. The summed E-state index contributed by atoms with van der Waals surface area (Å²) in [6.07, 6.45) is -0.674. The van der Waals surface area contributed by atoms with Crippen molar-refractivity contribution in [2.45, 2.75) is 25.5 Å². The Kier molecular flexibility index (Phi) is 6.97. The van der Waals surface area contributed by atoms with Crippen LogP contribution in [0.15, 0.2) is 84.9 Å². The highest BCUT2D eigenvalue weighted by Gasteiger charge is 2.33. The van der Waals surface area contributed by atoms with Crippen molar-refractivity contribution in [3.63, 3.8) is 0 Å². The summed E-state index contributed by atoms with van der Waals surface area (Å²) in [5, 5.41) is 3.76.